The molecule has 7 rings (SSSR count). The Bertz CT molecular complexity index is 2490. The fourth-order valence-corrected chi connectivity index (χ4v) is 7.25. The van der Waals surface area contributed by atoms with Crippen LogP contribution in [0.15, 0.2) is 97.2 Å². The number of carbonyl (C=O) groups is 7. The predicted molar refractivity (Wildman–Crippen MR) is 221 cm³/mol. The number of anilines is 3. The standard InChI is InChI=1S/C44H42N8O7/c1-45-41(56)32-24-48-33-18-17-28(23-31(33)39(32)49-29-9-4-3-5-10-29)26-13-15-27(16-14-26)40(55)47-22-7-6-21-46-37(54)25-51(2)34-12-8-11-30-38(34)44(59)52(43(30)58)35-19-20-36(53)50-42(35)57/h3-5,8-18,23-24,35H,6-7,19-22,25H2,1-2H3,(H,45,56)(H,46,54)(H,47,55)(H,48,49)(H,50,53,57). The van der Waals surface area contributed by atoms with Crippen LogP contribution in [0.2, 0.25) is 0 Å². The minimum absolute atomic E-state index is 0.0177. The van der Waals surface area contributed by atoms with E-state index in [4.69, 9.17) is 0 Å². The molecule has 0 bridgehead atoms. The molecule has 2 aliphatic rings. The molecule has 0 spiro atoms. The Kier molecular flexibility index (Phi) is 11.7. The molecular formula is C44H42N8O7. The summed E-state index contributed by atoms with van der Waals surface area (Å²) in [5, 5.41) is 14.8. The molecule has 3 heterocycles. The average Bonchev–Trinajstić information content (AvgIpc) is 3.50. The molecule has 2 aliphatic heterocycles. The zero-order chi connectivity index (χ0) is 41.6. The van der Waals surface area contributed by atoms with Crippen molar-refractivity contribution >= 4 is 69.3 Å². The lowest BCUT2D eigenvalue weighted by molar-refractivity contribution is -0.136. The molecule has 1 aromatic heterocycles. The van der Waals surface area contributed by atoms with Gasteiger partial charge in [-0.25, -0.2) is 0 Å². The van der Waals surface area contributed by atoms with Gasteiger partial charge < -0.3 is 26.2 Å². The van der Waals surface area contributed by atoms with Gasteiger partial charge in [0.05, 0.1) is 40.1 Å². The highest BCUT2D eigenvalue weighted by molar-refractivity contribution is 6.25. The summed E-state index contributed by atoms with van der Waals surface area (Å²) in [7, 11) is 3.21. The van der Waals surface area contributed by atoms with Crippen molar-refractivity contribution in [3.63, 3.8) is 0 Å². The number of benzene rings is 4. The molecule has 15 nitrogen and oxygen atoms in total. The highest BCUT2D eigenvalue weighted by atomic mass is 16.2. The number of piperidine rings is 1. The Morgan fingerprint density at radius 3 is 2.29 bits per heavy atom. The number of fused-ring (bicyclic) bond motifs is 2. The maximum absolute atomic E-state index is 13.4. The van der Waals surface area contributed by atoms with Crippen LogP contribution in [-0.2, 0) is 14.4 Å². The molecule has 4 aromatic carbocycles. The van der Waals surface area contributed by atoms with E-state index in [-0.39, 0.29) is 48.2 Å². The van der Waals surface area contributed by atoms with E-state index in [1.54, 1.807) is 49.5 Å². The number of nitrogens with zero attached hydrogens (tertiary/aromatic N) is 3. The van der Waals surface area contributed by atoms with Crippen LogP contribution in [0.1, 0.15) is 67.1 Å². The maximum atomic E-state index is 13.4. The average molecular weight is 795 g/mol. The number of nitrogens with one attached hydrogen (secondary N) is 5. The van der Waals surface area contributed by atoms with Gasteiger partial charge in [0.2, 0.25) is 17.7 Å². The Hall–Kier alpha value is -7.42. The third kappa shape index (κ3) is 8.49. The number of likely N-dealkylation sites (N-methyl/N-ethyl adjacent to an activating group) is 1. The summed E-state index contributed by atoms with van der Waals surface area (Å²) in [5.41, 5.74) is 5.47. The van der Waals surface area contributed by atoms with E-state index in [1.165, 1.54) is 6.07 Å². The second kappa shape index (κ2) is 17.4. The first-order valence-corrected chi connectivity index (χ1v) is 19.2. The van der Waals surface area contributed by atoms with Gasteiger partial charge in [-0.05, 0) is 78.9 Å². The van der Waals surface area contributed by atoms with E-state index in [2.05, 4.69) is 31.6 Å². The number of aromatic nitrogens is 1. The lowest BCUT2D eigenvalue weighted by Gasteiger charge is -2.28. The molecule has 0 saturated carbocycles. The van der Waals surface area contributed by atoms with Gasteiger partial charge >= 0.3 is 0 Å². The quantitative estimate of drug-likeness (QED) is 0.0804. The summed E-state index contributed by atoms with van der Waals surface area (Å²) in [6, 6.07) is 26.3. The molecule has 1 unspecified atom stereocenters. The largest absolute Gasteiger partial charge is 0.365 e. The van der Waals surface area contributed by atoms with Crippen LogP contribution < -0.4 is 31.5 Å². The molecule has 1 fully saturated rings. The normalized spacial score (nSPS) is 14.7. The summed E-state index contributed by atoms with van der Waals surface area (Å²) in [6.45, 7) is 0.663. The fraction of sp³-hybridized carbons (Fsp3) is 0.227. The van der Waals surface area contributed by atoms with Crippen molar-refractivity contribution in [3.05, 3.63) is 119 Å². The molecule has 0 radical (unpaired) electrons. The molecule has 59 heavy (non-hydrogen) atoms. The van der Waals surface area contributed by atoms with Crippen molar-refractivity contribution in [1.82, 2.24) is 31.2 Å². The highest BCUT2D eigenvalue weighted by Gasteiger charge is 2.46. The molecule has 5 N–H and O–H groups in total. The molecule has 5 aromatic rings. The zero-order valence-electron chi connectivity index (χ0n) is 32.5. The maximum Gasteiger partial charge on any atom is 0.264 e. The number of rotatable bonds is 14. The van der Waals surface area contributed by atoms with Gasteiger partial charge in [0.25, 0.3) is 23.6 Å². The van der Waals surface area contributed by atoms with Gasteiger partial charge in [0, 0.05) is 56.4 Å². The summed E-state index contributed by atoms with van der Waals surface area (Å²) >= 11 is 0. The summed E-state index contributed by atoms with van der Waals surface area (Å²) in [6.07, 6.45) is 2.84. The third-order valence-corrected chi connectivity index (χ3v) is 10.3. The first kappa shape index (κ1) is 39.8. The first-order chi connectivity index (χ1) is 28.5. The van der Waals surface area contributed by atoms with Gasteiger partial charge in [0.15, 0.2) is 0 Å². The molecule has 7 amide bonds. The van der Waals surface area contributed by atoms with Crippen molar-refractivity contribution in [2.75, 3.05) is 43.9 Å². The van der Waals surface area contributed by atoms with E-state index < -0.39 is 29.7 Å². The number of pyridine rings is 1. The van der Waals surface area contributed by atoms with Crippen LogP contribution in [0.4, 0.5) is 17.1 Å². The number of hydrogen-bond donors (Lipinski definition) is 5. The monoisotopic (exact) mass is 794 g/mol. The van der Waals surface area contributed by atoms with Crippen LogP contribution >= 0.6 is 0 Å². The second-order valence-corrected chi connectivity index (χ2v) is 14.2. The first-order valence-electron chi connectivity index (χ1n) is 19.2. The lowest BCUT2D eigenvalue weighted by Crippen LogP contribution is -2.54. The van der Waals surface area contributed by atoms with Crippen LogP contribution in [-0.4, -0.2) is 91.0 Å². The van der Waals surface area contributed by atoms with E-state index in [0.29, 0.717) is 48.4 Å². The highest BCUT2D eigenvalue weighted by Crippen LogP contribution is 2.35. The van der Waals surface area contributed by atoms with E-state index in [9.17, 15) is 33.6 Å². The summed E-state index contributed by atoms with van der Waals surface area (Å²) in [4.78, 5) is 96.2. The van der Waals surface area contributed by atoms with Crippen molar-refractivity contribution in [2.45, 2.75) is 31.7 Å². The van der Waals surface area contributed by atoms with Gasteiger partial charge in [-0.15, -0.1) is 0 Å². The van der Waals surface area contributed by atoms with E-state index in [1.807, 2.05) is 60.7 Å². The number of unbranched alkanes of at least 4 members (excludes halogenated alkanes) is 1. The molecular weight excluding hydrogens is 753 g/mol. The van der Waals surface area contributed by atoms with Gasteiger partial charge in [-0.3, -0.25) is 48.8 Å². The smallest absolute Gasteiger partial charge is 0.264 e. The Morgan fingerprint density at radius 2 is 1.56 bits per heavy atom. The van der Waals surface area contributed by atoms with Gasteiger partial charge in [-0.2, -0.15) is 0 Å². The van der Waals surface area contributed by atoms with Crippen molar-refractivity contribution in [1.29, 1.82) is 0 Å². The van der Waals surface area contributed by atoms with E-state index >= 15 is 0 Å². The van der Waals surface area contributed by atoms with Gasteiger partial charge in [-0.1, -0.05) is 42.5 Å². The lowest BCUT2D eigenvalue weighted by atomic mass is 9.99. The molecule has 0 aliphatic carbocycles. The summed E-state index contributed by atoms with van der Waals surface area (Å²) < 4.78 is 0. The number of amides is 7. The van der Waals surface area contributed by atoms with Crippen LogP contribution in [0.5, 0.6) is 0 Å². The third-order valence-electron chi connectivity index (χ3n) is 10.3. The minimum atomic E-state index is -1.09. The topological polar surface area (TPSA) is 199 Å². The van der Waals surface area contributed by atoms with Crippen molar-refractivity contribution < 1.29 is 33.6 Å². The predicted octanol–water partition coefficient (Wildman–Crippen LogP) is 4.17. The van der Waals surface area contributed by atoms with E-state index in [0.717, 1.165) is 32.6 Å². The Balaban J connectivity index is 0.891. The van der Waals surface area contributed by atoms with Crippen molar-refractivity contribution in [2.24, 2.45) is 0 Å². The fourth-order valence-electron chi connectivity index (χ4n) is 7.25. The number of imide groups is 2. The Morgan fingerprint density at radius 1 is 0.831 bits per heavy atom. The number of para-hydroxylation sites is 1. The molecule has 1 saturated heterocycles. The zero-order valence-corrected chi connectivity index (χ0v) is 32.5. The second-order valence-electron chi connectivity index (χ2n) is 14.2. The molecule has 15 heteroatoms. The summed E-state index contributed by atoms with van der Waals surface area (Å²) in [5.74, 6) is -3.20. The number of hydrogen-bond acceptors (Lipinski definition) is 10. The van der Waals surface area contributed by atoms with Crippen LogP contribution in [0, 0.1) is 0 Å². The van der Waals surface area contributed by atoms with Crippen LogP contribution in [0.25, 0.3) is 22.0 Å². The molecule has 300 valence electrons. The van der Waals surface area contributed by atoms with Crippen molar-refractivity contribution in [3.8, 4) is 11.1 Å². The number of carbonyl (C=O) groups excluding carboxylic acids is 7. The Labute approximate surface area is 339 Å². The minimum Gasteiger partial charge on any atom is -0.365 e. The van der Waals surface area contributed by atoms with Crippen LogP contribution in [0.3, 0.4) is 0 Å². The SMILES string of the molecule is CNC(=O)c1cnc2ccc(-c3ccc(C(=O)NCCCCNC(=O)CN(C)c4cccc5c4C(=O)N(C4CCC(=O)NC4=O)C5=O)cc3)cc2c1Nc1ccccc1. The van der Waals surface area contributed by atoms with Gasteiger partial charge in [0.1, 0.15) is 6.04 Å². The molecule has 1 atom stereocenters.